The SMILES string of the molecule is [C-]#[N+]c1ccc(-c2ccc(-c3ccc4oc5c(ccc6c7cc(-c8ccc(-c9ccc(C#N)cc9)c9ccccc89)ccc7oc65)c4c3)c3ccccc23)cc1. The van der Waals surface area contributed by atoms with Crippen LogP contribution in [0.1, 0.15) is 5.56 Å². The smallest absolute Gasteiger partial charge is 0.187 e. The van der Waals surface area contributed by atoms with Gasteiger partial charge in [-0.15, -0.1) is 0 Å². The van der Waals surface area contributed by atoms with Gasteiger partial charge in [0, 0.05) is 21.5 Å². The molecule has 0 aliphatic heterocycles. The van der Waals surface area contributed by atoms with Gasteiger partial charge >= 0.3 is 0 Å². The second kappa shape index (κ2) is 12.3. The van der Waals surface area contributed by atoms with Crippen molar-refractivity contribution >= 4 is 71.1 Å². The molecule has 0 amide bonds. The van der Waals surface area contributed by atoms with Gasteiger partial charge in [-0.05, 0) is 115 Å². The number of nitrogens with zero attached hydrogens (tertiary/aromatic N) is 2. The Morgan fingerprint density at radius 3 is 1.20 bits per heavy atom. The molecule has 0 bridgehead atoms. The molecule has 56 heavy (non-hydrogen) atoms. The molecule has 0 radical (unpaired) electrons. The maximum Gasteiger partial charge on any atom is 0.187 e. The summed E-state index contributed by atoms with van der Waals surface area (Å²) in [5, 5.41) is 18.1. The fourth-order valence-electron chi connectivity index (χ4n) is 8.45. The van der Waals surface area contributed by atoms with E-state index in [-0.39, 0.29) is 0 Å². The number of nitriles is 1. The van der Waals surface area contributed by atoms with Crippen LogP contribution >= 0.6 is 0 Å². The number of rotatable bonds is 4. The molecule has 11 aromatic rings. The fraction of sp³-hybridized carbons (Fsp3) is 0. The second-order valence-electron chi connectivity index (χ2n) is 14.2. The highest BCUT2D eigenvalue weighted by Gasteiger charge is 2.19. The molecule has 0 fully saturated rings. The Balaban J connectivity index is 1.01. The van der Waals surface area contributed by atoms with Crippen molar-refractivity contribution in [2.45, 2.75) is 0 Å². The lowest BCUT2D eigenvalue weighted by Crippen LogP contribution is -1.86. The van der Waals surface area contributed by atoms with Crippen molar-refractivity contribution in [1.29, 1.82) is 5.26 Å². The molecule has 11 rings (SSSR count). The molecule has 0 spiro atoms. The van der Waals surface area contributed by atoms with E-state index >= 15 is 0 Å². The molecule has 258 valence electrons. The van der Waals surface area contributed by atoms with Gasteiger partial charge in [0.15, 0.2) is 16.9 Å². The van der Waals surface area contributed by atoms with E-state index in [1.165, 1.54) is 5.39 Å². The molecule has 0 saturated heterocycles. The molecule has 0 N–H and O–H groups in total. The molecular formula is C52H28N2O2. The van der Waals surface area contributed by atoms with Crippen molar-refractivity contribution < 1.29 is 8.83 Å². The molecule has 0 unspecified atom stereocenters. The number of furan rings is 2. The average molecular weight is 713 g/mol. The van der Waals surface area contributed by atoms with Gasteiger partial charge in [0.05, 0.1) is 18.2 Å². The summed E-state index contributed by atoms with van der Waals surface area (Å²) < 4.78 is 13.2. The van der Waals surface area contributed by atoms with Crippen molar-refractivity contribution in [2.24, 2.45) is 0 Å². The second-order valence-corrected chi connectivity index (χ2v) is 14.2. The zero-order chi connectivity index (χ0) is 37.3. The zero-order valence-corrected chi connectivity index (χ0v) is 29.9. The van der Waals surface area contributed by atoms with Crippen LogP contribution in [0.2, 0.25) is 0 Å². The minimum atomic E-state index is 0.636. The summed E-state index contributed by atoms with van der Waals surface area (Å²) >= 11 is 0. The van der Waals surface area contributed by atoms with Gasteiger partial charge in [-0.25, -0.2) is 4.85 Å². The third-order valence-electron chi connectivity index (χ3n) is 11.2. The van der Waals surface area contributed by atoms with E-state index in [0.29, 0.717) is 11.3 Å². The lowest BCUT2D eigenvalue weighted by Gasteiger charge is -2.12. The van der Waals surface area contributed by atoms with Crippen LogP contribution in [0.25, 0.3) is 115 Å². The van der Waals surface area contributed by atoms with Crippen LogP contribution in [0, 0.1) is 17.9 Å². The van der Waals surface area contributed by atoms with Crippen LogP contribution in [0.4, 0.5) is 5.69 Å². The van der Waals surface area contributed by atoms with Crippen LogP contribution in [-0.2, 0) is 0 Å². The van der Waals surface area contributed by atoms with E-state index in [1.54, 1.807) is 0 Å². The summed E-state index contributed by atoms with van der Waals surface area (Å²) in [5.74, 6) is 0. The first-order valence-electron chi connectivity index (χ1n) is 18.5. The molecular weight excluding hydrogens is 685 g/mol. The van der Waals surface area contributed by atoms with Crippen molar-refractivity contribution in [3.8, 4) is 50.6 Å². The summed E-state index contributed by atoms with van der Waals surface area (Å²) in [6, 6.07) is 60.7. The minimum absolute atomic E-state index is 0.636. The van der Waals surface area contributed by atoms with Crippen LogP contribution in [0.5, 0.6) is 0 Å². The molecule has 0 aliphatic carbocycles. The standard InChI is InChI=1S/C52H28N2O2/c1-54-36-18-14-33(15-19-36)38-21-23-40(44-9-5-3-7-42(38)44)35-17-27-50-48(29-35)46-25-24-45-47-28-34(16-26-49(47)55-51(45)52(46)56-50)39-22-20-37(41-6-2-4-8-43(39)41)32-12-10-31(30-53)11-13-32/h2-29H. The lowest BCUT2D eigenvalue weighted by atomic mass is 9.91. The third-order valence-corrected chi connectivity index (χ3v) is 11.2. The Bertz CT molecular complexity index is 3250. The van der Waals surface area contributed by atoms with Gasteiger partial charge in [-0.3, -0.25) is 0 Å². The maximum atomic E-state index is 9.30. The molecule has 2 aromatic heterocycles. The van der Waals surface area contributed by atoms with Gasteiger partial charge in [0.25, 0.3) is 0 Å². The topological polar surface area (TPSA) is 54.4 Å². The highest BCUT2D eigenvalue weighted by molar-refractivity contribution is 6.20. The van der Waals surface area contributed by atoms with Crippen LogP contribution in [0.3, 0.4) is 0 Å². The maximum absolute atomic E-state index is 9.30. The Hall–Kier alpha value is -7.92. The van der Waals surface area contributed by atoms with E-state index in [4.69, 9.17) is 15.4 Å². The first-order chi connectivity index (χ1) is 27.6. The molecule has 0 atom stereocenters. The predicted molar refractivity (Wildman–Crippen MR) is 229 cm³/mol. The molecule has 0 aliphatic rings. The molecule has 4 heteroatoms. The third kappa shape index (κ3) is 4.84. The van der Waals surface area contributed by atoms with E-state index in [0.717, 1.165) is 105 Å². The summed E-state index contributed by atoms with van der Waals surface area (Å²) in [5.41, 5.74) is 13.3. The Labute approximate surface area is 321 Å². The van der Waals surface area contributed by atoms with Crippen molar-refractivity contribution in [3.05, 3.63) is 187 Å². The van der Waals surface area contributed by atoms with Crippen LogP contribution in [-0.4, -0.2) is 0 Å². The molecule has 0 saturated carbocycles. The summed E-state index contributed by atoms with van der Waals surface area (Å²) in [4.78, 5) is 3.56. The minimum Gasteiger partial charge on any atom is -0.452 e. The highest BCUT2D eigenvalue weighted by atomic mass is 16.4. The predicted octanol–water partition coefficient (Wildman–Crippen LogP) is 14.9. The number of fused-ring (bicyclic) bond motifs is 9. The normalized spacial score (nSPS) is 11.5. The molecule has 2 heterocycles. The molecule has 4 nitrogen and oxygen atoms in total. The van der Waals surface area contributed by atoms with Crippen molar-refractivity contribution in [3.63, 3.8) is 0 Å². The van der Waals surface area contributed by atoms with E-state index < -0.39 is 0 Å². The first kappa shape index (κ1) is 31.6. The average Bonchev–Trinajstić information content (AvgIpc) is 3.84. The first-order valence-corrected chi connectivity index (χ1v) is 18.5. The summed E-state index contributed by atoms with van der Waals surface area (Å²) in [6.45, 7) is 7.34. The van der Waals surface area contributed by atoms with E-state index in [2.05, 4.69) is 132 Å². The van der Waals surface area contributed by atoms with Gasteiger partial charge in [-0.1, -0.05) is 121 Å². The Morgan fingerprint density at radius 2 is 0.786 bits per heavy atom. The van der Waals surface area contributed by atoms with Crippen LogP contribution < -0.4 is 0 Å². The largest absolute Gasteiger partial charge is 0.452 e. The monoisotopic (exact) mass is 712 g/mol. The van der Waals surface area contributed by atoms with Crippen molar-refractivity contribution in [1.82, 2.24) is 0 Å². The van der Waals surface area contributed by atoms with Gasteiger partial charge in [0.2, 0.25) is 0 Å². The van der Waals surface area contributed by atoms with Crippen molar-refractivity contribution in [2.75, 3.05) is 0 Å². The van der Waals surface area contributed by atoms with E-state index in [1.807, 2.05) is 48.5 Å². The zero-order valence-electron chi connectivity index (χ0n) is 29.9. The van der Waals surface area contributed by atoms with Crippen LogP contribution in [0.15, 0.2) is 179 Å². The Kier molecular flexibility index (Phi) is 6.95. The Morgan fingerprint density at radius 1 is 0.393 bits per heavy atom. The number of benzene rings is 9. The summed E-state index contributed by atoms with van der Waals surface area (Å²) in [6.07, 6.45) is 0. The van der Waals surface area contributed by atoms with Gasteiger partial charge in [-0.2, -0.15) is 5.26 Å². The number of hydrogen-bond acceptors (Lipinski definition) is 3. The lowest BCUT2D eigenvalue weighted by molar-refractivity contribution is 0.633. The number of hydrogen-bond donors (Lipinski definition) is 0. The quantitative estimate of drug-likeness (QED) is 0.171. The highest BCUT2D eigenvalue weighted by Crippen LogP contribution is 2.43. The molecule has 9 aromatic carbocycles. The van der Waals surface area contributed by atoms with E-state index in [9.17, 15) is 5.26 Å². The fourth-order valence-corrected chi connectivity index (χ4v) is 8.45. The van der Waals surface area contributed by atoms with Gasteiger partial charge < -0.3 is 8.83 Å². The van der Waals surface area contributed by atoms with Gasteiger partial charge in [0.1, 0.15) is 11.2 Å². The summed E-state index contributed by atoms with van der Waals surface area (Å²) in [7, 11) is 0.